The first kappa shape index (κ1) is 10.6. The fourth-order valence-corrected chi connectivity index (χ4v) is 1.18. The highest BCUT2D eigenvalue weighted by Crippen LogP contribution is 2.17. The Hall–Kier alpha value is -1.46. The summed E-state index contributed by atoms with van der Waals surface area (Å²) < 4.78 is 0. The molecule has 0 saturated heterocycles. The number of phenolic OH excluding ortho intramolecular Hbond substituents is 1. The molecule has 14 heavy (non-hydrogen) atoms. The number of nitrogens with one attached hydrogen (secondary N) is 1. The maximum absolute atomic E-state index is 9.53. The van der Waals surface area contributed by atoms with E-state index >= 15 is 0 Å². The summed E-state index contributed by atoms with van der Waals surface area (Å²) in [6, 6.07) is 5.55. The molecule has 0 saturated carbocycles. The monoisotopic (exact) mass is 189 g/mol. The highest BCUT2D eigenvalue weighted by molar-refractivity contribution is 5.35. The first-order chi connectivity index (χ1) is 6.63. The smallest absolute Gasteiger partial charge is 0.120 e. The summed E-state index contributed by atoms with van der Waals surface area (Å²) in [5.74, 6) is 2.89. The maximum Gasteiger partial charge on any atom is 0.120 e. The van der Waals surface area contributed by atoms with Crippen LogP contribution in [0.2, 0.25) is 0 Å². The Labute approximate surface area is 85.0 Å². The number of terminal acetylenes is 1. The Morgan fingerprint density at radius 1 is 1.57 bits per heavy atom. The van der Waals surface area contributed by atoms with E-state index in [9.17, 15) is 5.11 Å². The van der Waals surface area contributed by atoms with Crippen molar-refractivity contribution in [1.29, 1.82) is 0 Å². The van der Waals surface area contributed by atoms with Crippen molar-refractivity contribution in [3.63, 3.8) is 0 Å². The second kappa shape index (κ2) is 4.69. The molecule has 0 heterocycles. The predicted molar refractivity (Wildman–Crippen MR) is 58.0 cm³/mol. The lowest BCUT2D eigenvalue weighted by molar-refractivity contribution is 0.463. The molecule has 0 aliphatic heterocycles. The molecule has 1 aromatic carbocycles. The van der Waals surface area contributed by atoms with Crippen LogP contribution in [0.15, 0.2) is 18.2 Å². The molecule has 2 heteroatoms. The molecule has 0 amide bonds. The fraction of sp³-hybridized carbons (Fsp3) is 0.333. The van der Waals surface area contributed by atoms with Crippen LogP contribution in [0, 0.1) is 19.3 Å². The normalized spacial score (nSPS) is 12.1. The van der Waals surface area contributed by atoms with Crippen LogP contribution in [0.3, 0.4) is 0 Å². The van der Waals surface area contributed by atoms with Crippen molar-refractivity contribution in [3.8, 4) is 18.1 Å². The summed E-state index contributed by atoms with van der Waals surface area (Å²) in [4.78, 5) is 0. The standard InChI is InChI=1S/C12H15NO/c1-4-10(3)13-8-11-7-9(2)5-6-12(11)14/h1,5-7,10,13-14H,8H2,2-3H3. The van der Waals surface area contributed by atoms with Gasteiger partial charge in [0.15, 0.2) is 0 Å². The van der Waals surface area contributed by atoms with Crippen LogP contribution >= 0.6 is 0 Å². The highest BCUT2D eigenvalue weighted by Gasteiger charge is 2.02. The van der Waals surface area contributed by atoms with E-state index in [1.54, 1.807) is 6.07 Å². The molecule has 0 aliphatic carbocycles. The quantitative estimate of drug-likeness (QED) is 0.711. The van der Waals surface area contributed by atoms with E-state index in [-0.39, 0.29) is 6.04 Å². The second-order valence-electron chi connectivity index (χ2n) is 3.40. The van der Waals surface area contributed by atoms with Gasteiger partial charge in [0.1, 0.15) is 5.75 Å². The Balaban J connectivity index is 2.67. The SMILES string of the molecule is C#CC(C)NCc1cc(C)ccc1O. The lowest BCUT2D eigenvalue weighted by Gasteiger charge is -2.09. The maximum atomic E-state index is 9.53. The Morgan fingerprint density at radius 3 is 2.93 bits per heavy atom. The van der Waals surface area contributed by atoms with E-state index in [0.29, 0.717) is 12.3 Å². The van der Waals surface area contributed by atoms with Gasteiger partial charge in [-0.25, -0.2) is 0 Å². The molecule has 0 radical (unpaired) electrons. The average molecular weight is 189 g/mol. The Morgan fingerprint density at radius 2 is 2.29 bits per heavy atom. The minimum atomic E-state index is 0.0231. The molecule has 2 nitrogen and oxygen atoms in total. The zero-order valence-electron chi connectivity index (χ0n) is 8.54. The number of aryl methyl sites for hydroxylation is 1. The number of benzene rings is 1. The first-order valence-electron chi connectivity index (χ1n) is 4.61. The third-order valence-electron chi connectivity index (χ3n) is 2.08. The average Bonchev–Trinajstić information content (AvgIpc) is 2.19. The molecule has 0 bridgehead atoms. The van der Waals surface area contributed by atoms with Gasteiger partial charge in [0.05, 0.1) is 6.04 Å². The molecular weight excluding hydrogens is 174 g/mol. The van der Waals surface area contributed by atoms with Crippen LogP contribution in [0.5, 0.6) is 5.75 Å². The Bertz CT molecular complexity index is 352. The second-order valence-corrected chi connectivity index (χ2v) is 3.40. The van der Waals surface area contributed by atoms with Gasteiger partial charge in [0, 0.05) is 12.1 Å². The van der Waals surface area contributed by atoms with Gasteiger partial charge in [-0.2, -0.15) is 0 Å². The number of phenols is 1. The van der Waals surface area contributed by atoms with Gasteiger partial charge in [0.2, 0.25) is 0 Å². The van der Waals surface area contributed by atoms with Gasteiger partial charge in [-0.1, -0.05) is 23.6 Å². The number of aromatic hydroxyl groups is 1. The number of rotatable bonds is 3. The molecule has 2 N–H and O–H groups in total. The van der Waals surface area contributed by atoms with Crippen LogP contribution in [-0.2, 0) is 6.54 Å². The van der Waals surface area contributed by atoms with Gasteiger partial charge in [-0.15, -0.1) is 6.42 Å². The molecule has 1 rings (SSSR count). The number of hydrogen-bond donors (Lipinski definition) is 2. The molecule has 1 aromatic rings. The predicted octanol–water partition coefficient (Wildman–Crippen LogP) is 1.81. The molecule has 0 aromatic heterocycles. The summed E-state index contributed by atoms with van der Waals surface area (Å²) in [7, 11) is 0. The highest BCUT2D eigenvalue weighted by atomic mass is 16.3. The van der Waals surface area contributed by atoms with Crippen LogP contribution < -0.4 is 5.32 Å². The van der Waals surface area contributed by atoms with Gasteiger partial charge in [-0.05, 0) is 19.9 Å². The fourth-order valence-electron chi connectivity index (χ4n) is 1.18. The van der Waals surface area contributed by atoms with E-state index in [1.165, 1.54) is 0 Å². The molecule has 1 atom stereocenters. The van der Waals surface area contributed by atoms with E-state index < -0.39 is 0 Å². The van der Waals surface area contributed by atoms with Crippen molar-refractivity contribution in [1.82, 2.24) is 5.32 Å². The minimum Gasteiger partial charge on any atom is -0.508 e. The van der Waals surface area contributed by atoms with Crippen molar-refractivity contribution < 1.29 is 5.11 Å². The third kappa shape index (κ3) is 2.79. The summed E-state index contributed by atoms with van der Waals surface area (Å²) in [6.45, 7) is 4.50. The van der Waals surface area contributed by atoms with Gasteiger partial charge < -0.3 is 5.11 Å². The molecule has 74 valence electrons. The minimum absolute atomic E-state index is 0.0231. The van der Waals surface area contributed by atoms with Gasteiger partial charge >= 0.3 is 0 Å². The lowest BCUT2D eigenvalue weighted by atomic mass is 10.1. The van der Waals surface area contributed by atoms with Crippen molar-refractivity contribution in [2.45, 2.75) is 26.4 Å². The zero-order chi connectivity index (χ0) is 10.6. The molecule has 0 spiro atoms. The largest absolute Gasteiger partial charge is 0.508 e. The van der Waals surface area contributed by atoms with E-state index in [4.69, 9.17) is 6.42 Å². The Kier molecular flexibility index (Phi) is 3.55. The molecule has 0 aliphatic rings. The van der Waals surface area contributed by atoms with Gasteiger partial charge in [-0.3, -0.25) is 5.32 Å². The molecule has 0 fully saturated rings. The van der Waals surface area contributed by atoms with Crippen molar-refractivity contribution >= 4 is 0 Å². The number of hydrogen-bond acceptors (Lipinski definition) is 2. The summed E-state index contributed by atoms with van der Waals surface area (Å²) in [5.41, 5.74) is 2.01. The summed E-state index contributed by atoms with van der Waals surface area (Å²) >= 11 is 0. The van der Waals surface area contributed by atoms with E-state index in [0.717, 1.165) is 11.1 Å². The van der Waals surface area contributed by atoms with Gasteiger partial charge in [0.25, 0.3) is 0 Å². The third-order valence-corrected chi connectivity index (χ3v) is 2.08. The van der Waals surface area contributed by atoms with Crippen LogP contribution in [0.4, 0.5) is 0 Å². The van der Waals surface area contributed by atoms with Crippen LogP contribution in [-0.4, -0.2) is 11.1 Å². The van der Waals surface area contributed by atoms with Crippen molar-refractivity contribution in [2.75, 3.05) is 0 Å². The summed E-state index contributed by atoms with van der Waals surface area (Å²) in [5, 5.41) is 12.6. The first-order valence-corrected chi connectivity index (χ1v) is 4.61. The van der Waals surface area contributed by atoms with E-state index in [2.05, 4.69) is 11.2 Å². The van der Waals surface area contributed by atoms with Crippen molar-refractivity contribution in [3.05, 3.63) is 29.3 Å². The molecular formula is C12H15NO. The topological polar surface area (TPSA) is 32.3 Å². The zero-order valence-corrected chi connectivity index (χ0v) is 8.54. The molecule has 1 unspecified atom stereocenters. The van der Waals surface area contributed by atoms with Crippen LogP contribution in [0.25, 0.3) is 0 Å². The van der Waals surface area contributed by atoms with E-state index in [1.807, 2.05) is 26.0 Å². The van der Waals surface area contributed by atoms with Crippen molar-refractivity contribution in [2.24, 2.45) is 0 Å². The van der Waals surface area contributed by atoms with Crippen LogP contribution in [0.1, 0.15) is 18.1 Å². The lowest BCUT2D eigenvalue weighted by Crippen LogP contribution is -2.23. The summed E-state index contributed by atoms with van der Waals surface area (Å²) in [6.07, 6.45) is 5.23.